The number of aromatic nitrogens is 2. The van der Waals surface area contributed by atoms with E-state index in [-0.39, 0.29) is 0 Å². The summed E-state index contributed by atoms with van der Waals surface area (Å²) in [4.78, 5) is 4.04. The highest BCUT2D eigenvalue weighted by atomic mass is 16.5. The number of benzene rings is 2. The van der Waals surface area contributed by atoms with Crippen LogP contribution in [0.15, 0.2) is 67.3 Å². The Labute approximate surface area is 141 Å². The van der Waals surface area contributed by atoms with Gasteiger partial charge in [0, 0.05) is 31.2 Å². The van der Waals surface area contributed by atoms with E-state index in [9.17, 15) is 5.11 Å². The number of imidazole rings is 1. The maximum absolute atomic E-state index is 10.2. The normalized spacial score (nSPS) is 12.1. The minimum absolute atomic E-state index is 0.496. The van der Waals surface area contributed by atoms with E-state index in [1.54, 1.807) is 19.6 Å². The average Bonchev–Trinajstić information content (AvgIpc) is 3.17. The molecule has 0 radical (unpaired) electrons. The summed E-state index contributed by atoms with van der Waals surface area (Å²) in [6.45, 7) is 1.20. The molecule has 24 heavy (non-hydrogen) atoms. The molecule has 0 aliphatic rings. The van der Waals surface area contributed by atoms with Crippen molar-refractivity contribution in [3.05, 3.63) is 78.4 Å². The van der Waals surface area contributed by atoms with Crippen LogP contribution in [0.1, 0.15) is 17.2 Å². The molecule has 0 aliphatic carbocycles. The van der Waals surface area contributed by atoms with Crippen LogP contribution in [0, 0.1) is 0 Å². The number of ether oxygens (including phenoxy) is 1. The van der Waals surface area contributed by atoms with Gasteiger partial charge in [-0.05, 0) is 35.4 Å². The first-order chi connectivity index (χ1) is 11.8. The molecule has 124 valence electrons. The predicted octanol–water partition coefficient (Wildman–Crippen LogP) is 2.70. The Kier molecular flexibility index (Phi) is 5.25. The lowest BCUT2D eigenvalue weighted by molar-refractivity contribution is 0.174. The van der Waals surface area contributed by atoms with E-state index in [1.807, 2.05) is 35.0 Å². The van der Waals surface area contributed by atoms with Crippen molar-refractivity contribution >= 4 is 0 Å². The van der Waals surface area contributed by atoms with Crippen LogP contribution in [0.4, 0.5) is 0 Å². The van der Waals surface area contributed by atoms with Crippen LogP contribution in [0.5, 0.6) is 5.75 Å². The third-order valence-electron chi connectivity index (χ3n) is 3.91. The van der Waals surface area contributed by atoms with Gasteiger partial charge in [0.05, 0.1) is 19.5 Å². The summed E-state index contributed by atoms with van der Waals surface area (Å²) in [6.07, 6.45) is 4.91. The van der Waals surface area contributed by atoms with E-state index >= 15 is 0 Å². The molecule has 2 aromatic carbocycles. The van der Waals surface area contributed by atoms with Crippen LogP contribution >= 0.6 is 0 Å². The lowest BCUT2D eigenvalue weighted by atomic mass is 10.1. The maximum atomic E-state index is 10.2. The molecular weight excluding hydrogens is 302 g/mol. The van der Waals surface area contributed by atoms with E-state index in [0.29, 0.717) is 13.1 Å². The summed E-state index contributed by atoms with van der Waals surface area (Å²) in [6, 6.07) is 15.7. The quantitative estimate of drug-likeness (QED) is 0.702. The van der Waals surface area contributed by atoms with E-state index in [1.165, 1.54) is 5.56 Å². The van der Waals surface area contributed by atoms with Crippen molar-refractivity contribution in [3.63, 3.8) is 0 Å². The van der Waals surface area contributed by atoms with Gasteiger partial charge in [-0.25, -0.2) is 4.98 Å². The highest BCUT2D eigenvalue weighted by Gasteiger charge is 2.07. The first-order valence-electron chi connectivity index (χ1n) is 7.86. The third kappa shape index (κ3) is 4.01. The summed E-state index contributed by atoms with van der Waals surface area (Å²) < 4.78 is 7.08. The maximum Gasteiger partial charge on any atom is 0.118 e. The molecule has 1 unspecified atom stereocenters. The number of aliphatic hydroxyl groups is 1. The molecule has 1 heterocycles. The van der Waals surface area contributed by atoms with Gasteiger partial charge in [0.15, 0.2) is 0 Å². The predicted molar refractivity (Wildman–Crippen MR) is 93.2 cm³/mol. The molecule has 3 aromatic rings. The number of aliphatic hydroxyl groups excluding tert-OH is 1. The average molecular weight is 323 g/mol. The van der Waals surface area contributed by atoms with Gasteiger partial charge in [-0.1, -0.05) is 24.3 Å². The van der Waals surface area contributed by atoms with Crippen molar-refractivity contribution in [2.45, 2.75) is 12.6 Å². The highest BCUT2D eigenvalue weighted by Crippen LogP contribution is 2.17. The van der Waals surface area contributed by atoms with Crippen molar-refractivity contribution in [2.24, 2.45) is 0 Å². The molecule has 2 N–H and O–H groups in total. The molecule has 0 amide bonds. The molecule has 0 aliphatic heterocycles. The van der Waals surface area contributed by atoms with Crippen LogP contribution in [-0.2, 0) is 6.54 Å². The summed E-state index contributed by atoms with van der Waals surface area (Å²) in [5.74, 6) is 0.789. The van der Waals surface area contributed by atoms with Gasteiger partial charge in [-0.15, -0.1) is 0 Å². The van der Waals surface area contributed by atoms with Gasteiger partial charge >= 0.3 is 0 Å². The fraction of sp³-hybridized carbons (Fsp3) is 0.211. The first-order valence-corrected chi connectivity index (χ1v) is 7.86. The number of nitrogens with zero attached hydrogens (tertiary/aromatic N) is 2. The highest BCUT2D eigenvalue weighted by molar-refractivity contribution is 5.34. The molecule has 5 nitrogen and oxygen atoms in total. The Morgan fingerprint density at radius 1 is 1.12 bits per heavy atom. The zero-order chi connectivity index (χ0) is 16.8. The fourth-order valence-corrected chi connectivity index (χ4v) is 2.49. The molecule has 0 saturated heterocycles. The van der Waals surface area contributed by atoms with Crippen molar-refractivity contribution < 1.29 is 9.84 Å². The van der Waals surface area contributed by atoms with Gasteiger partial charge in [0.1, 0.15) is 5.75 Å². The van der Waals surface area contributed by atoms with Crippen molar-refractivity contribution in [2.75, 3.05) is 13.7 Å². The summed E-state index contributed by atoms with van der Waals surface area (Å²) in [7, 11) is 1.63. The summed E-state index contributed by atoms with van der Waals surface area (Å²) >= 11 is 0. The van der Waals surface area contributed by atoms with Gasteiger partial charge in [0.25, 0.3) is 0 Å². The number of methoxy groups -OCH3 is 1. The molecular formula is C19H21N3O2. The lowest BCUT2D eigenvalue weighted by Gasteiger charge is -2.13. The van der Waals surface area contributed by atoms with Gasteiger partial charge in [-0.3, -0.25) is 0 Å². The Morgan fingerprint density at radius 2 is 1.88 bits per heavy atom. The first kappa shape index (κ1) is 16.2. The third-order valence-corrected chi connectivity index (χ3v) is 3.91. The van der Waals surface area contributed by atoms with E-state index in [0.717, 1.165) is 17.0 Å². The zero-order valence-electron chi connectivity index (χ0n) is 13.6. The van der Waals surface area contributed by atoms with Crippen LogP contribution in [-0.4, -0.2) is 28.3 Å². The number of hydrogen-bond donors (Lipinski definition) is 2. The minimum Gasteiger partial charge on any atom is -0.497 e. The second-order valence-electron chi connectivity index (χ2n) is 5.56. The van der Waals surface area contributed by atoms with Crippen LogP contribution in [0.2, 0.25) is 0 Å². The Morgan fingerprint density at radius 3 is 2.50 bits per heavy atom. The van der Waals surface area contributed by atoms with Gasteiger partial charge in [0.2, 0.25) is 0 Å². The van der Waals surface area contributed by atoms with E-state index < -0.39 is 6.10 Å². The van der Waals surface area contributed by atoms with Gasteiger partial charge < -0.3 is 19.7 Å². The SMILES string of the molecule is COc1ccc(C(O)CNCc2ccc(-n3ccnc3)cc2)cc1. The van der Waals surface area contributed by atoms with Crippen molar-refractivity contribution in [3.8, 4) is 11.4 Å². The molecule has 0 spiro atoms. The summed E-state index contributed by atoms with van der Waals surface area (Å²) in [5.41, 5.74) is 3.12. The topological polar surface area (TPSA) is 59.3 Å². The lowest BCUT2D eigenvalue weighted by Crippen LogP contribution is -2.21. The van der Waals surface area contributed by atoms with Crippen LogP contribution in [0.3, 0.4) is 0 Å². The monoisotopic (exact) mass is 323 g/mol. The number of hydrogen-bond acceptors (Lipinski definition) is 4. The molecule has 0 fully saturated rings. The molecule has 0 bridgehead atoms. The number of rotatable bonds is 7. The Bertz CT molecular complexity index is 737. The van der Waals surface area contributed by atoms with Crippen molar-refractivity contribution in [1.82, 2.24) is 14.9 Å². The number of nitrogens with one attached hydrogen (secondary N) is 1. The Balaban J connectivity index is 1.50. The second-order valence-corrected chi connectivity index (χ2v) is 5.56. The molecule has 1 atom stereocenters. The molecule has 0 saturated carbocycles. The zero-order valence-corrected chi connectivity index (χ0v) is 13.6. The smallest absolute Gasteiger partial charge is 0.118 e. The van der Waals surface area contributed by atoms with Gasteiger partial charge in [-0.2, -0.15) is 0 Å². The fourth-order valence-electron chi connectivity index (χ4n) is 2.49. The standard InChI is InChI=1S/C19H21N3O2/c1-24-18-8-4-16(5-9-18)19(23)13-21-12-15-2-6-17(7-3-15)22-11-10-20-14-22/h2-11,14,19,21,23H,12-13H2,1H3. The Hall–Kier alpha value is -2.63. The molecule has 5 heteroatoms. The summed E-state index contributed by atoms with van der Waals surface area (Å²) in [5, 5.41) is 13.5. The van der Waals surface area contributed by atoms with Crippen molar-refractivity contribution in [1.29, 1.82) is 0 Å². The van der Waals surface area contributed by atoms with E-state index in [2.05, 4.69) is 34.6 Å². The largest absolute Gasteiger partial charge is 0.497 e. The van der Waals surface area contributed by atoms with Crippen LogP contribution in [0.25, 0.3) is 5.69 Å². The second kappa shape index (κ2) is 7.77. The molecule has 1 aromatic heterocycles. The molecule has 3 rings (SSSR count). The van der Waals surface area contributed by atoms with Crippen LogP contribution < -0.4 is 10.1 Å². The van der Waals surface area contributed by atoms with E-state index in [4.69, 9.17) is 4.74 Å². The minimum atomic E-state index is -0.541.